The lowest BCUT2D eigenvalue weighted by atomic mass is 10.1. The summed E-state index contributed by atoms with van der Waals surface area (Å²) in [6, 6.07) is 4.34. The second kappa shape index (κ2) is 4.91. The fourth-order valence-corrected chi connectivity index (χ4v) is 3.72. The Balaban J connectivity index is 1.99. The van der Waals surface area contributed by atoms with Crippen molar-refractivity contribution in [2.45, 2.75) is 39.2 Å². The summed E-state index contributed by atoms with van der Waals surface area (Å²) in [7, 11) is 1.93. The second-order valence-electron chi connectivity index (χ2n) is 5.96. The minimum absolute atomic E-state index is 0.641. The third-order valence-corrected chi connectivity index (χ3v) is 4.97. The number of benzene rings is 1. The fourth-order valence-electron chi connectivity index (χ4n) is 3.18. The van der Waals surface area contributed by atoms with Crippen molar-refractivity contribution in [3.63, 3.8) is 0 Å². The Hall–Kier alpha value is -1.69. The van der Waals surface area contributed by atoms with Crippen LogP contribution < -0.4 is 0 Å². The van der Waals surface area contributed by atoms with Crippen LogP contribution in [-0.2, 0) is 13.6 Å². The lowest BCUT2D eigenvalue weighted by Gasteiger charge is -2.07. The summed E-state index contributed by atoms with van der Waals surface area (Å²) < 4.78 is 5.22. The van der Waals surface area contributed by atoms with Gasteiger partial charge in [0.25, 0.3) is 0 Å². The average molecular weight is 360 g/mol. The van der Waals surface area contributed by atoms with Crippen molar-refractivity contribution >= 4 is 27.0 Å². The van der Waals surface area contributed by atoms with Crippen LogP contribution in [0, 0.1) is 6.92 Å². The zero-order valence-electron chi connectivity index (χ0n) is 13.0. The van der Waals surface area contributed by atoms with Gasteiger partial charge in [0, 0.05) is 29.5 Å². The van der Waals surface area contributed by atoms with Crippen LogP contribution in [0.5, 0.6) is 0 Å². The first-order valence-corrected chi connectivity index (χ1v) is 8.45. The Morgan fingerprint density at radius 2 is 2.09 bits per heavy atom. The molecule has 2 aromatic heterocycles. The Morgan fingerprint density at radius 3 is 2.68 bits per heavy atom. The minimum atomic E-state index is 0.641. The highest BCUT2D eigenvalue weighted by Gasteiger charge is 2.30. The number of halogens is 1. The zero-order valence-corrected chi connectivity index (χ0v) is 14.6. The largest absolute Gasteiger partial charge is 0.328 e. The van der Waals surface area contributed by atoms with Gasteiger partial charge in [0.1, 0.15) is 11.3 Å². The van der Waals surface area contributed by atoms with Crippen LogP contribution in [0.4, 0.5) is 0 Å². The molecule has 0 bridgehead atoms. The molecule has 1 aliphatic carbocycles. The molecule has 0 aliphatic heterocycles. The maximum atomic E-state index is 4.89. The molecule has 0 unspecified atom stereocenters. The number of fused-ring (bicyclic) bond motifs is 1. The van der Waals surface area contributed by atoms with Crippen LogP contribution in [0.2, 0.25) is 0 Å². The van der Waals surface area contributed by atoms with Gasteiger partial charge in [0.2, 0.25) is 0 Å². The molecule has 114 valence electrons. The Bertz CT molecular complexity index is 853. The van der Waals surface area contributed by atoms with Gasteiger partial charge >= 0.3 is 0 Å². The van der Waals surface area contributed by atoms with E-state index in [-0.39, 0.29) is 0 Å². The number of hydrogen-bond acceptors (Lipinski definition) is 3. The van der Waals surface area contributed by atoms with Gasteiger partial charge in [0.05, 0.1) is 16.9 Å². The molecule has 3 aromatic rings. The Labute approximate surface area is 137 Å². The van der Waals surface area contributed by atoms with E-state index in [1.807, 2.05) is 18.7 Å². The van der Waals surface area contributed by atoms with E-state index in [4.69, 9.17) is 4.98 Å². The first kappa shape index (κ1) is 13.9. The van der Waals surface area contributed by atoms with Crippen molar-refractivity contribution in [3.05, 3.63) is 28.1 Å². The van der Waals surface area contributed by atoms with Gasteiger partial charge < -0.3 is 4.57 Å². The third kappa shape index (κ3) is 2.00. The molecule has 0 atom stereocenters. The summed E-state index contributed by atoms with van der Waals surface area (Å²) in [4.78, 5) is 4.89. The number of aromatic nitrogens is 5. The van der Waals surface area contributed by atoms with Crippen LogP contribution >= 0.6 is 15.9 Å². The normalized spacial score (nSPS) is 14.9. The smallest absolute Gasteiger partial charge is 0.113 e. The maximum absolute atomic E-state index is 4.89. The predicted octanol–water partition coefficient (Wildman–Crippen LogP) is 3.80. The number of rotatable bonds is 3. The fraction of sp³-hybridized carbons (Fsp3) is 0.438. The molecule has 6 heteroatoms. The Kier molecular flexibility index (Phi) is 3.11. The molecule has 0 amide bonds. The van der Waals surface area contributed by atoms with Gasteiger partial charge in [-0.15, -0.1) is 5.10 Å². The summed E-state index contributed by atoms with van der Waals surface area (Å²) in [6.45, 7) is 5.12. The van der Waals surface area contributed by atoms with E-state index in [2.05, 4.69) is 49.9 Å². The van der Waals surface area contributed by atoms with Crippen LogP contribution in [-0.4, -0.2) is 24.5 Å². The van der Waals surface area contributed by atoms with Gasteiger partial charge in [-0.3, -0.25) is 0 Å². The highest BCUT2D eigenvalue weighted by Crippen LogP contribution is 2.42. The van der Waals surface area contributed by atoms with Crippen molar-refractivity contribution in [1.29, 1.82) is 0 Å². The molecule has 22 heavy (non-hydrogen) atoms. The molecule has 0 spiro atoms. The lowest BCUT2D eigenvalue weighted by molar-refractivity contribution is 0.718. The van der Waals surface area contributed by atoms with Crippen molar-refractivity contribution < 1.29 is 0 Å². The van der Waals surface area contributed by atoms with E-state index in [9.17, 15) is 0 Å². The van der Waals surface area contributed by atoms with Crippen molar-refractivity contribution in [1.82, 2.24) is 24.5 Å². The van der Waals surface area contributed by atoms with Gasteiger partial charge in [-0.05, 0) is 54.8 Å². The molecule has 2 heterocycles. The number of hydrogen-bond donors (Lipinski definition) is 0. The first-order chi connectivity index (χ1) is 10.6. The summed E-state index contributed by atoms with van der Waals surface area (Å²) >= 11 is 3.70. The maximum Gasteiger partial charge on any atom is 0.113 e. The molecule has 1 aromatic carbocycles. The second-order valence-corrected chi connectivity index (χ2v) is 6.82. The van der Waals surface area contributed by atoms with Gasteiger partial charge in [-0.25, -0.2) is 9.67 Å². The van der Waals surface area contributed by atoms with E-state index in [0.717, 1.165) is 33.5 Å². The average Bonchev–Trinajstić information content (AvgIpc) is 3.18. The Morgan fingerprint density at radius 1 is 1.32 bits per heavy atom. The van der Waals surface area contributed by atoms with E-state index in [1.54, 1.807) is 0 Å². The predicted molar refractivity (Wildman–Crippen MR) is 89.8 cm³/mol. The summed E-state index contributed by atoms with van der Waals surface area (Å²) in [5.74, 6) is 1.87. The molecule has 0 N–H and O–H groups in total. The molecular formula is C16H18BrN5. The number of imidazole rings is 1. The number of aryl methyl sites for hydroxylation is 3. The quantitative estimate of drug-likeness (QED) is 0.714. The summed E-state index contributed by atoms with van der Waals surface area (Å²) in [5, 5.41) is 8.28. The van der Waals surface area contributed by atoms with E-state index in [0.29, 0.717) is 5.92 Å². The highest BCUT2D eigenvalue weighted by atomic mass is 79.9. The van der Waals surface area contributed by atoms with E-state index >= 15 is 0 Å². The number of nitrogens with zero attached hydrogens (tertiary/aromatic N) is 5. The van der Waals surface area contributed by atoms with E-state index < -0.39 is 0 Å². The molecular weight excluding hydrogens is 342 g/mol. The summed E-state index contributed by atoms with van der Waals surface area (Å²) in [6.07, 6.45) is 2.52. The molecule has 0 saturated heterocycles. The van der Waals surface area contributed by atoms with Crippen molar-refractivity contribution in [3.8, 4) is 11.3 Å². The van der Waals surface area contributed by atoms with Crippen molar-refractivity contribution in [2.75, 3.05) is 0 Å². The molecule has 4 rings (SSSR count). The van der Waals surface area contributed by atoms with E-state index in [1.165, 1.54) is 24.2 Å². The third-order valence-electron chi connectivity index (χ3n) is 4.36. The summed E-state index contributed by atoms with van der Waals surface area (Å²) in [5.41, 5.74) is 5.37. The van der Waals surface area contributed by atoms with Gasteiger partial charge in [-0.1, -0.05) is 5.21 Å². The van der Waals surface area contributed by atoms with Crippen LogP contribution in [0.25, 0.3) is 22.3 Å². The van der Waals surface area contributed by atoms with Gasteiger partial charge in [-0.2, -0.15) is 0 Å². The molecule has 1 fully saturated rings. The molecule has 1 aliphatic rings. The van der Waals surface area contributed by atoms with Crippen LogP contribution in [0.15, 0.2) is 16.6 Å². The van der Waals surface area contributed by atoms with Gasteiger partial charge in [0.15, 0.2) is 0 Å². The molecule has 5 nitrogen and oxygen atoms in total. The van der Waals surface area contributed by atoms with Crippen LogP contribution in [0.1, 0.15) is 37.2 Å². The van der Waals surface area contributed by atoms with Crippen LogP contribution in [0.3, 0.4) is 0 Å². The monoisotopic (exact) mass is 359 g/mol. The molecule has 0 radical (unpaired) electrons. The zero-order chi connectivity index (χ0) is 15.4. The first-order valence-electron chi connectivity index (χ1n) is 7.66. The molecule has 1 saturated carbocycles. The highest BCUT2D eigenvalue weighted by molar-refractivity contribution is 9.10. The SMILES string of the molecule is CCn1c(C2CC2)nc2c(Br)cc(-c3c(C)nnn3C)cc21. The topological polar surface area (TPSA) is 48.5 Å². The minimum Gasteiger partial charge on any atom is -0.328 e. The standard InChI is InChI=1S/C16H18BrN5/c1-4-22-13-8-11(15-9(2)19-20-21(15)3)7-12(17)14(13)18-16(22)10-5-6-10/h7-8,10H,4-6H2,1-3H3. The lowest BCUT2D eigenvalue weighted by Crippen LogP contribution is -2.00. The van der Waals surface area contributed by atoms with Crippen molar-refractivity contribution in [2.24, 2.45) is 7.05 Å².